The molecule has 0 aliphatic carbocycles. The standard InChI is InChI=1S/C6H9F2NS/c1-3-6(7,8)4-9-5(2)10/h3H,1,4H2,2H3,(H,9,10). The van der Waals surface area contributed by atoms with Gasteiger partial charge in [0.25, 0.3) is 5.92 Å². The summed E-state index contributed by atoms with van der Waals surface area (Å²) in [6.07, 6.45) is 0.596. The number of hydrogen-bond donors (Lipinski definition) is 1. The van der Waals surface area contributed by atoms with E-state index in [0.717, 1.165) is 0 Å². The maximum atomic E-state index is 12.3. The Morgan fingerprint density at radius 3 is 2.60 bits per heavy atom. The predicted molar refractivity (Wildman–Crippen MR) is 41.4 cm³/mol. The Kier molecular flexibility index (Phi) is 3.42. The van der Waals surface area contributed by atoms with E-state index in [9.17, 15) is 8.78 Å². The van der Waals surface area contributed by atoms with E-state index in [0.29, 0.717) is 11.1 Å². The fraction of sp³-hybridized carbons (Fsp3) is 0.500. The molecule has 0 radical (unpaired) electrons. The smallest absolute Gasteiger partial charge is 0.283 e. The lowest BCUT2D eigenvalue weighted by Crippen LogP contribution is -2.32. The highest BCUT2D eigenvalue weighted by Gasteiger charge is 2.22. The zero-order valence-corrected chi connectivity index (χ0v) is 6.47. The second-order valence-corrected chi connectivity index (χ2v) is 2.49. The number of rotatable bonds is 3. The highest BCUT2D eigenvalue weighted by atomic mass is 32.1. The van der Waals surface area contributed by atoms with E-state index in [-0.39, 0.29) is 0 Å². The van der Waals surface area contributed by atoms with E-state index in [1.165, 1.54) is 0 Å². The van der Waals surface area contributed by atoms with Gasteiger partial charge in [-0.15, -0.1) is 0 Å². The number of alkyl halides is 2. The molecule has 0 rings (SSSR count). The van der Waals surface area contributed by atoms with Gasteiger partial charge in [0, 0.05) is 0 Å². The van der Waals surface area contributed by atoms with Crippen LogP contribution in [0, 0.1) is 0 Å². The second kappa shape index (κ2) is 3.61. The first-order chi connectivity index (χ1) is 4.48. The van der Waals surface area contributed by atoms with Gasteiger partial charge in [0.2, 0.25) is 0 Å². The third-order valence-corrected chi connectivity index (χ3v) is 1.02. The first kappa shape index (κ1) is 9.49. The third-order valence-electron chi connectivity index (χ3n) is 0.872. The average Bonchev–Trinajstić information content (AvgIpc) is 1.85. The summed E-state index contributed by atoms with van der Waals surface area (Å²) in [5.74, 6) is -2.86. The number of nitrogens with one attached hydrogen (secondary N) is 1. The van der Waals surface area contributed by atoms with Crippen LogP contribution in [-0.4, -0.2) is 17.5 Å². The van der Waals surface area contributed by atoms with Gasteiger partial charge < -0.3 is 5.32 Å². The molecule has 0 aromatic rings. The molecule has 4 heteroatoms. The topological polar surface area (TPSA) is 12.0 Å². The van der Waals surface area contributed by atoms with Crippen molar-refractivity contribution >= 4 is 17.2 Å². The molecule has 0 aliphatic rings. The van der Waals surface area contributed by atoms with Crippen molar-refractivity contribution in [1.82, 2.24) is 5.32 Å². The number of halogens is 2. The summed E-state index contributed by atoms with van der Waals surface area (Å²) in [6, 6.07) is 0. The summed E-state index contributed by atoms with van der Waals surface area (Å²) in [4.78, 5) is 0.363. The van der Waals surface area contributed by atoms with Gasteiger partial charge in [-0.1, -0.05) is 18.8 Å². The molecule has 0 aromatic carbocycles. The van der Waals surface area contributed by atoms with Crippen molar-refractivity contribution in [3.63, 3.8) is 0 Å². The summed E-state index contributed by atoms with van der Waals surface area (Å²) in [7, 11) is 0. The van der Waals surface area contributed by atoms with Crippen LogP contribution in [0.25, 0.3) is 0 Å². The monoisotopic (exact) mass is 165 g/mol. The molecule has 0 spiro atoms. The number of thiocarbonyl (C=S) groups is 1. The van der Waals surface area contributed by atoms with E-state index in [1.807, 2.05) is 0 Å². The molecule has 0 amide bonds. The molecule has 58 valence electrons. The average molecular weight is 165 g/mol. The Morgan fingerprint density at radius 1 is 1.80 bits per heavy atom. The summed E-state index contributed by atoms with van der Waals surface area (Å²) in [6.45, 7) is 4.06. The molecule has 1 nitrogen and oxygen atoms in total. The molecule has 0 aliphatic heterocycles. The SMILES string of the molecule is C=CC(F)(F)CNC(C)=S. The van der Waals surface area contributed by atoms with Crippen LogP contribution >= 0.6 is 12.2 Å². The van der Waals surface area contributed by atoms with Gasteiger partial charge in [0.15, 0.2) is 0 Å². The normalized spacial score (nSPS) is 10.7. The van der Waals surface area contributed by atoms with E-state index in [1.54, 1.807) is 6.92 Å². The molecule has 10 heavy (non-hydrogen) atoms. The molecule has 1 N–H and O–H groups in total. The molecule has 0 fully saturated rings. The van der Waals surface area contributed by atoms with Crippen LogP contribution in [0.5, 0.6) is 0 Å². The first-order valence-corrected chi connectivity index (χ1v) is 3.14. The van der Waals surface area contributed by atoms with Crippen molar-refractivity contribution < 1.29 is 8.78 Å². The van der Waals surface area contributed by atoms with Crippen LogP contribution in [0.15, 0.2) is 12.7 Å². The lowest BCUT2D eigenvalue weighted by Gasteiger charge is -2.11. The lowest BCUT2D eigenvalue weighted by atomic mass is 10.3. The fourth-order valence-electron chi connectivity index (χ4n) is 0.314. The highest BCUT2D eigenvalue weighted by molar-refractivity contribution is 7.80. The zero-order chi connectivity index (χ0) is 8.20. The lowest BCUT2D eigenvalue weighted by molar-refractivity contribution is 0.0608. The van der Waals surface area contributed by atoms with Gasteiger partial charge >= 0.3 is 0 Å². The fourth-order valence-corrected chi connectivity index (χ4v) is 0.387. The van der Waals surface area contributed by atoms with Crippen molar-refractivity contribution in [1.29, 1.82) is 0 Å². The minimum atomic E-state index is -2.86. The molecule has 0 atom stereocenters. The summed E-state index contributed by atoms with van der Waals surface area (Å²) < 4.78 is 24.5. The molecule has 0 aromatic heterocycles. The Balaban J connectivity index is 3.67. The summed E-state index contributed by atoms with van der Waals surface area (Å²) in [5, 5.41) is 2.35. The van der Waals surface area contributed by atoms with Crippen LogP contribution in [0.4, 0.5) is 8.78 Å². The first-order valence-electron chi connectivity index (χ1n) is 2.74. The Bertz CT molecular complexity index is 145. The van der Waals surface area contributed by atoms with E-state index in [2.05, 4.69) is 24.1 Å². The van der Waals surface area contributed by atoms with Crippen LogP contribution in [0.3, 0.4) is 0 Å². The maximum Gasteiger partial charge on any atom is 0.283 e. The van der Waals surface area contributed by atoms with Crippen LogP contribution in [0.2, 0.25) is 0 Å². The molecular formula is C6H9F2NS. The van der Waals surface area contributed by atoms with Gasteiger partial charge in [-0.2, -0.15) is 0 Å². The van der Waals surface area contributed by atoms with Crippen LogP contribution < -0.4 is 5.32 Å². The van der Waals surface area contributed by atoms with E-state index < -0.39 is 12.5 Å². The molecule has 0 bridgehead atoms. The van der Waals surface area contributed by atoms with Crippen LogP contribution in [-0.2, 0) is 0 Å². The minimum Gasteiger partial charge on any atom is -0.373 e. The molecule has 0 saturated heterocycles. The van der Waals surface area contributed by atoms with Gasteiger partial charge in [-0.25, -0.2) is 8.78 Å². The molecular weight excluding hydrogens is 156 g/mol. The van der Waals surface area contributed by atoms with Crippen molar-refractivity contribution in [3.05, 3.63) is 12.7 Å². The van der Waals surface area contributed by atoms with Crippen molar-refractivity contribution in [2.75, 3.05) is 6.54 Å². The van der Waals surface area contributed by atoms with Crippen molar-refractivity contribution in [3.8, 4) is 0 Å². The minimum absolute atomic E-state index is 0.363. The zero-order valence-electron chi connectivity index (χ0n) is 5.66. The van der Waals surface area contributed by atoms with Gasteiger partial charge in [0.1, 0.15) is 0 Å². The highest BCUT2D eigenvalue weighted by Crippen LogP contribution is 2.11. The second-order valence-electron chi connectivity index (χ2n) is 1.87. The summed E-state index contributed by atoms with van der Waals surface area (Å²) >= 11 is 4.53. The predicted octanol–water partition coefficient (Wildman–Crippen LogP) is 1.74. The van der Waals surface area contributed by atoms with Crippen molar-refractivity contribution in [2.45, 2.75) is 12.8 Å². The Morgan fingerprint density at radius 2 is 2.30 bits per heavy atom. The van der Waals surface area contributed by atoms with Gasteiger partial charge in [-0.3, -0.25) is 0 Å². The number of hydrogen-bond acceptors (Lipinski definition) is 1. The third kappa shape index (κ3) is 4.38. The molecule has 0 heterocycles. The Labute approximate surface area is 64.1 Å². The Hall–Kier alpha value is -0.510. The van der Waals surface area contributed by atoms with Gasteiger partial charge in [0.05, 0.1) is 11.5 Å². The largest absolute Gasteiger partial charge is 0.373 e. The quantitative estimate of drug-likeness (QED) is 0.505. The molecule has 0 unspecified atom stereocenters. The van der Waals surface area contributed by atoms with E-state index in [4.69, 9.17) is 0 Å². The molecule has 0 saturated carbocycles. The van der Waals surface area contributed by atoms with E-state index >= 15 is 0 Å². The maximum absolute atomic E-state index is 12.3. The summed E-state index contributed by atoms with van der Waals surface area (Å²) in [5.41, 5.74) is 0. The van der Waals surface area contributed by atoms with Gasteiger partial charge in [-0.05, 0) is 13.0 Å². The van der Waals surface area contributed by atoms with Crippen LogP contribution in [0.1, 0.15) is 6.92 Å². The van der Waals surface area contributed by atoms with Crippen molar-refractivity contribution in [2.24, 2.45) is 0 Å².